The SMILES string of the molecule is N[C@@H](Cc1ccccc1)[C@H](O)CNCc1ccc2c(c1)OCO2. The number of benzene rings is 2. The second-order valence-electron chi connectivity index (χ2n) is 5.74. The summed E-state index contributed by atoms with van der Waals surface area (Å²) in [6.45, 7) is 1.37. The second kappa shape index (κ2) is 7.46. The Morgan fingerprint density at radius 3 is 2.65 bits per heavy atom. The molecule has 2 aromatic rings. The van der Waals surface area contributed by atoms with Crippen LogP contribution in [0.15, 0.2) is 48.5 Å². The Kier molecular flexibility index (Phi) is 5.12. The Morgan fingerprint density at radius 2 is 1.83 bits per heavy atom. The smallest absolute Gasteiger partial charge is 0.231 e. The number of rotatable bonds is 7. The molecule has 0 aromatic heterocycles. The van der Waals surface area contributed by atoms with Crippen LogP contribution in [0.5, 0.6) is 11.5 Å². The lowest BCUT2D eigenvalue weighted by Crippen LogP contribution is -2.42. The summed E-state index contributed by atoms with van der Waals surface area (Å²) < 4.78 is 10.6. The molecule has 0 bridgehead atoms. The third kappa shape index (κ3) is 4.22. The number of ether oxygens (including phenoxy) is 2. The van der Waals surface area contributed by atoms with Crippen molar-refractivity contribution in [1.82, 2.24) is 5.32 Å². The molecule has 23 heavy (non-hydrogen) atoms. The van der Waals surface area contributed by atoms with E-state index in [0.717, 1.165) is 22.6 Å². The predicted octanol–water partition coefficient (Wildman–Crippen LogP) is 1.44. The number of hydrogen-bond donors (Lipinski definition) is 3. The van der Waals surface area contributed by atoms with Gasteiger partial charge in [-0.15, -0.1) is 0 Å². The molecule has 122 valence electrons. The molecule has 0 aliphatic carbocycles. The van der Waals surface area contributed by atoms with Crippen molar-refractivity contribution in [3.8, 4) is 11.5 Å². The zero-order valence-corrected chi connectivity index (χ0v) is 12.9. The number of aliphatic hydroxyl groups excluding tert-OH is 1. The van der Waals surface area contributed by atoms with Gasteiger partial charge >= 0.3 is 0 Å². The van der Waals surface area contributed by atoms with Gasteiger partial charge < -0.3 is 25.6 Å². The number of nitrogens with one attached hydrogen (secondary N) is 1. The summed E-state index contributed by atoms with van der Waals surface area (Å²) in [5.41, 5.74) is 8.29. The lowest BCUT2D eigenvalue weighted by Gasteiger charge is -2.19. The molecule has 2 aromatic carbocycles. The zero-order valence-electron chi connectivity index (χ0n) is 12.9. The first-order valence-corrected chi connectivity index (χ1v) is 7.79. The largest absolute Gasteiger partial charge is 0.454 e. The van der Waals surface area contributed by atoms with Crippen LogP contribution in [-0.2, 0) is 13.0 Å². The highest BCUT2D eigenvalue weighted by molar-refractivity contribution is 5.44. The van der Waals surface area contributed by atoms with Crippen molar-refractivity contribution < 1.29 is 14.6 Å². The Labute approximate surface area is 136 Å². The Balaban J connectivity index is 1.44. The molecule has 5 nitrogen and oxygen atoms in total. The van der Waals surface area contributed by atoms with Gasteiger partial charge in [-0.3, -0.25) is 0 Å². The fourth-order valence-electron chi connectivity index (χ4n) is 2.59. The van der Waals surface area contributed by atoms with E-state index in [1.54, 1.807) is 0 Å². The van der Waals surface area contributed by atoms with Crippen LogP contribution in [0.25, 0.3) is 0 Å². The van der Waals surface area contributed by atoms with Gasteiger partial charge in [0, 0.05) is 19.1 Å². The van der Waals surface area contributed by atoms with E-state index in [1.807, 2.05) is 48.5 Å². The van der Waals surface area contributed by atoms with Crippen molar-refractivity contribution in [1.29, 1.82) is 0 Å². The standard InChI is InChI=1S/C18H22N2O3/c19-15(8-13-4-2-1-3-5-13)16(21)11-20-10-14-6-7-17-18(9-14)23-12-22-17/h1-7,9,15-16,20-21H,8,10-12,19H2/t15-,16+/m0/s1. The summed E-state index contributed by atoms with van der Waals surface area (Å²) in [6.07, 6.45) is 0.0671. The van der Waals surface area contributed by atoms with Crippen molar-refractivity contribution >= 4 is 0 Å². The van der Waals surface area contributed by atoms with Crippen molar-refractivity contribution in [2.45, 2.75) is 25.1 Å². The third-order valence-electron chi connectivity index (χ3n) is 3.93. The highest BCUT2D eigenvalue weighted by Gasteiger charge is 2.16. The van der Waals surface area contributed by atoms with Crippen LogP contribution in [0.4, 0.5) is 0 Å². The molecule has 0 saturated heterocycles. The lowest BCUT2D eigenvalue weighted by molar-refractivity contribution is 0.141. The minimum Gasteiger partial charge on any atom is -0.454 e. The van der Waals surface area contributed by atoms with E-state index in [0.29, 0.717) is 19.5 Å². The molecule has 0 saturated carbocycles. The van der Waals surface area contributed by atoms with Crippen LogP contribution in [0.1, 0.15) is 11.1 Å². The Hall–Kier alpha value is -2.08. The Morgan fingerprint density at radius 1 is 1.04 bits per heavy atom. The minimum absolute atomic E-state index is 0.277. The van der Waals surface area contributed by atoms with E-state index in [9.17, 15) is 5.11 Å². The molecule has 2 atom stereocenters. The molecular formula is C18H22N2O3. The summed E-state index contributed by atoms with van der Waals surface area (Å²) in [5, 5.41) is 13.4. The maximum atomic E-state index is 10.2. The minimum atomic E-state index is -0.593. The van der Waals surface area contributed by atoms with Crippen LogP contribution in [0, 0.1) is 0 Å². The number of hydrogen-bond acceptors (Lipinski definition) is 5. The van der Waals surface area contributed by atoms with Crippen LogP contribution in [0.2, 0.25) is 0 Å². The van der Waals surface area contributed by atoms with Gasteiger partial charge in [-0.25, -0.2) is 0 Å². The van der Waals surface area contributed by atoms with E-state index in [2.05, 4.69) is 5.32 Å². The molecule has 0 spiro atoms. The zero-order chi connectivity index (χ0) is 16.1. The molecule has 0 amide bonds. The van der Waals surface area contributed by atoms with Crippen LogP contribution in [-0.4, -0.2) is 30.6 Å². The van der Waals surface area contributed by atoms with E-state index in [4.69, 9.17) is 15.2 Å². The summed E-state index contributed by atoms with van der Waals surface area (Å²) in [7, 11) is 0. The monoisotopic (exact) mass is 314 g/mol. The van der Waals surface area contributed by atoms with E-state index in [-0.39, 0.29) is 12.8 Å². The van der Waals surface area contributed by atoms with Crippen LogP contribution < -0.4 is 20.5 Å². The van der Waals surface area contributed by atoms with Crippen LogP contribution >= 0.6 is 0 Å². The predicted molar refractivity (Wildman–Crippen MR) is 88.4 cm³/mol. The maximum Gasteiger partial charge on any atom is 0.231 e. The average Bonchev–Trinajstić information content (AvgIpc) is 3.03. The first kappa shape index (κ1) is 15.8. The fraction of sp³-hybridized carbons (Fsp3) is 0.333. The summed E-state index contributed by atoms with van der Waals surface area (Å²) in [4.78, 5) is 0. The van der Waals surface area contributed by atoms with Gasteiger partial charge in [-0.05, 0) is 29.7 Å². The van der Waals surface area contributed by atoms with Crippen molar-refractivity contribution in [3.05, 3.63) is 59.7 Å². The first-order chi connectivity index (χ1) is 11.2. The summed E-state index contributed by atoms with van der Waals surface area (Å²) in [6, 6.07) is 15.5. The molecule has 1 heterocycles. The van der Waals surface area contributed by atoms with E-state index in [1.165, 1.54) is 0 Å². The van der Waals surface area contributed by atoms with Crippen molar-refractivity contribution in [2.75, 3.05) is 13.3 Å². The van der Waals surface area contributed by atoms with E-state index < -0.39 is 6.10 Å². The van der Waals surface area contributed by atoms with Gasteiger partial charge in [0.1, 0.15) is 0 Å². The van der Waals surface area contributed by atoms with Gasteiger partial charge in [-0.1, -0.05) is 36.4 Å². The maximum absolute atomic E-state index is 10.2. The summed E-state index contributed by atoms with van der Waals surface area (Å²) >= 11 is 0. The molecule has 0 radical (unpaired) electrons. The first-order valence-electron chi connectivity index (χ1n) is 7.79. The number of nitrogens with two attached hydrogens (primary N) is 1. The van der Waals surface area contributed by atoms with Gasteiger partial charge in [0.05, 0.1) is 6.10 Å². The molecule has 1 aliphatic rings. The fourth-order valence-corrected chi connectivity index (χ4v) is 2.59. The quantitative estimate of drug-likeness (QED) is 0.721. The molecule has 5 heteroatoms. The van der Waals surface area contributed by atoms with E-state index >= 15 is 0 Å². The molecule has 3 rings (SSSR count). The topological polar surface area (TPSA) is 76.7 Å². The molecule has 4 N–H and O–H groups in total. The second-order valence-corrected chi connectivity index (χ2v) is 5.74. The van der Waals surface area contributed by atoms with Gasteiger partial charge in [0.25, 0.3) is 0 Å². The van der Waals surface area contributed by atoms with Crippen molar-refractivity contribution in [3.63, 3.8) is 0 Å². The van der Waals surface area contributed by atoms with Gasteiger partial charge in [0.15, 0.2) is 11.5 Å². The highest BCUT2D eigenvalue weighted by Crippen LogP contribution is 2.32. The Bertz CT molecular complexity index is 633. The van der Waals surface area contributed by atoms with Gasteiger partial charge in [-0.2, -0.15) is 0 Å². The molecule has 0 unspecified atom stereocenters. The normalized spacial score (nSPS) is 15.4. The highest BCUT2D eigenvalue weighted by atomic mass is 16.7. The average molecular weight is 314 g/mol. The van der Waals surface area contributed by atoms with Crippen molar-refractivity contribution in [2.24, 2.45) is 5.73 Å². The third-order valence-corrected chi connectivity index (χ3v) is 3.93. The molecular weight excluding hydrogens is 292 g/mol. The lowest BCUT2D eigenvalue weighted by atomic mass is 10.0. The molecule has 1 aliphatic heterocycles. The summed E-state index contributed by atoms with van der Waals surface area (Å²) in [5.74, 6) is 1.55. The van der Waals surface area contributed by atoms with Crippen LogP contribution in [0.3, 0.4) is 0 Å². The molecule has 0 fully saturated rings. The van der Waals surface area contributed by atoms with Gasteiger partial charge in [0.2, 0.25) is 6.79 Å². The number of aliphatic hydroxyl groups is 1. The number of fused-ring (bicyclic) bond motifs is 1.